The smallest absolute Gasteiger partial charge is 0.0747 e. The highest BCUT2D eigenvalue weighted by atomic mass is 15.2. The quantitative estimate of drug-likeness (QED) is 0.546. The Morgan fingerprint density at radius 1 is 1.00 bits per heavy atom. The molecule has 0 amide bonds. The number of pyridine rings is 1. The summed E-state index contributed by atoms with van der Waals surface area (Å²) in [6.45, 7) is 0. The molecule has 0 saturated heterocycles. The first-order chi connectivity index (χ1) is 9.40. The van der Waals surface area contributed by atoms with Gasteiger partial charge in [-0.15, -0.1) is 0 Å². The van der Waals surface area contributed by atoms with E-state index in [0.29, 0.717) is 0 Å². The molecule has 0 bridgehead atoms. The van der Waals surface area contributed by atoms with Crippen LogP contribution in [0.5, 0.6) is 0 Å². The normalized spacial score (nSPS) is 12.5. The molecule has 5 nitrogen and oxygen atoms in total. The predicted molar refractivity (Wildman–Crippen MR) is 72.9 cm³/mol. The van der Waals surface area contributed by atoms with E-state index in [-0.39, 0.29) is 6.04 Å². The second-order valence-electron chi connectivity index (χ2n) is 4.23. The zero-order chi connectivity index (χ0) is 13.1. The largest absolute Gasteiger partial charge is 0.271 e. The lowest BCUT2D eigenvalue weighted by Gasteiger charge is -2.17. The molecule has 0 aliphatic carbocycles. The van der Waals surface area contributed by atoms with Gasteiger partial charge in [0.15, 0.2) is 0 Å². The molecule has 19 heavy (non-hydrogen) atoms. The molecule has 5 heteroatoms. The number of aromatic nitrogens is 3. The Morgan fingerprint density at radius 2 is 1.89 bits per heavy atom. The number of fused-ring (bicyclic) bond motifs is 1. The fourth-order valence-corrected chi connectivity index (χ4v) is 2.21. The third kappa shape index (κ3) is 2.16. The molecule has 2 aromatic heterocycles. The van der Waals surface area contributed by atoms with Crippen molar-refractivity contribution in [1.82, 2.24) is 20.6 Å². The van der Waals surface area contributed by atoms with Gasteiger partial charge < -0.3 is 0 Å². The summed E-state index contributed by atoms with van der Waals surface area (Å²) < 4.78 is 0. The summed E-state index contributed by atoms with van der Waals surface area (Å²) in [5, 5.41) is 9.88. The third-order valence-electron chi connectivity index (χ3n) is 3.12. The Kier molecular flexibility index (Phi) is 3.14. The SMILES string of the molecule is NNC(c1ccnnc1)c1cncc2ccccc12. The van der Waals surface area contributed by atoms with E-state index in [2.05, 4.69) is 26.7 Å². The number of nitrogens with two attached hydrogens (primary N) is 1. The Morgan fingerprint density at radius 3 is 2.68 bits per heavy atom. The molecule has 1 atom stereocenters. The van der Waals surface area contributed by atoms with Crippen molar-refractivity contribution in [2.24, 2.45) is 5.84 Å². The van der Waals surface area contributed by atoms with Crippen molar-refractivity contribution >= 4 is 10.8 Å². The molecule has 0 radical (unpaired) electrons. The van der Waals surface area contributed by atoms with Crippen LogP contribution in [0.3, 0.4) is 0 Å². The number of benzene rings is 1. The minimum absolute atomic E-state index is 0.158. The van der Waals surface area contributed by atoms with Crippen molar-refractivity contribution in [3.05, 3.63) is 66.2 Å². The maximum absolute atomic E-state index is 5.70. The molecule has 2 heterocycles. The van der Waals surface area contributed by atoms with Gasteiger partial charge in [0.2, 0.25) is 0 Å². The first-order valence-electron chi connectivity index (χ1n) is 5.95. The van der Waals surface area contributed by atoms with Gasteiger partial charge in [-0.25, -0.2) is 5.43 Å². The number of nitrogens with one attached hydrogen (secondary N) is 1. The monoisotopic (exact) mass is 251 g/mol. The van der Waals surface area contributed by atoms with Crippen LogP contribution in [0.15, 0.2) is 55.1 Å². The summed E-state index contributed by atoms with van der Waals surface area (Å²) >= 11 is 0. The van der Waals surface area contributed by atoms with E-state index in [1.165, 1.54) is 0 Å². The lowest BCUT2D eigenvalue weighted by Crippen LogP contribution is -2.29. The third-order valence-corrected chi connectivity index (χ3v) is 3.12. The molecular formula is C14H13N5. The van der Waals surface area contributed by atoms with Crippen molar-refractivity contribution in [2.75, 3.05) is 0 Å². The van der Waals surface area contributed by atoms with Crippen molar-refractivity contribution in [1.29, 1.82) is 0 Å². The van der Waals surface area contributed by atoms with Crippen LogP contribution < -0.4 is 11.3 Å². The molecular weight excluding hydrogens is 238 g/mol. The second kappa shape index (κ2) is 5.09. The summed E-state index contributed by atoms with van der Waals surface area (Å²) in [5.74, 6) is 5.70. The Bertz CT molecular complexity index is 678. The van der Waals surface area contributed by atoms with Crippen molar-refractivity contribution in [2.45, 2.75) is 6.04 Å². The highest BCUT2D eigenvalue weighted by molar-refractivity contribution is 5.85. The van der Waals surface area contributed by atoms with E-state index in [1.807, 2.05) is 36.7 Å². The highest BCUT2D eigenvalue weighted by Crippen LogP contribution is 2.26. The summed E-state index contributed by atoms with van der Waals surface area (Å²) in [6, 6.07) is 9.82. The molecule has 0 spiro atoms. The Labute approximate surface area is 110 Å². The molecule has 0 aliphatic heterocycles. The number of rotatable bonds is 3. The predicted octanol–water partition coefficient (Wildman–Crippen LogP) is 1.58. The first kappa shape index (κ1) is 11.7. The van der Waals surface area contributed by atoms with Gasteiger partial charge in [0.05, 0.1) is 12.2 Å². The van der Waals surface area contributed by atoms with Gasteiger partial charge >= 0.3 is 0 Å². The van der Waals surface area contributed by atoms with Crippen LogP contribution in [0.2, 0.25) is 0 Å². The minimum Gasteiger partial charge on any atom is -0.271 e. The summed E-state index contributed by atoms with van der Waals surface area (Å²) in [4.78, 5) is 4.28. The van der Waals surface area contributed by atoms with Crippen LogP contribution in [-0.2, 0) is 0 Å². The van der Waals surface area contributed by atoms with Crippen molar-refractivity contribution < 1.29 is 0 Å². The Hall–Kier alpha value is -2.37. The van der Waals surface area contributed by atoms with Crippen molar-refractivity contribution in [3.63, 3.8) is 0 Å². The number of hydrogen-bond acceptors (Lipinski definition) is 5. The average Bonchev–Trinajstić information content (AvgIpc) is 2.49. The van der Waals surface area contributed by atoms with Gasteiger partial charge in [0, 0.05) is 29.5 Å². The zero-order valence-electron chi connectivity index (χ0n) is 10.2. The van der Waals surface area contributed by atoms with Gasteiger partial charge in [-0.1, -0.05) is 24.3 Å². The zero-order valence-corrected chi connectivity index (χ0v) is 10.2. The summed E-state index contributed by atoms with van der Waals surface area (Å²) in [6.07, 6.45) is 7.02. The minimum atomic E-state index is -0.158. The standard InChI is InChI=1S/C14H13N5/c15-19-14(11-5-6-17-18-8-11)13-9-16-7-10-3-1-2-4-12(10)13/h1-9,14,19H,15H2. The molecule has 1 aromatic carbocycles. The van der Waals surface area contributed by atoms with E-state index < -0.39 is 0 Å². The molecule has 3 N–H and O–H groups in total. The topological polar surface area (TPSA) is 76.7 Å². The van der Waals surface area contributed by atoms with E-state index in [9.17, 15) is 0 Å². The van der Waals surface area contributed by atoms with Crippen LogP contribution in [0.25, 0.3) is 10.8 Å². The van der Waals surface area contributed by atoms with E-state index >= 15 is 0 Å². The maximum atomic E-state index is 5.70. The molecule has 3 aromatic rings. The average molecular weight is 251 g/mol. The molecule has 3 rings (SSSR count). The fraction of sp³-hybridized carbons (Fsp3) is 0.0714. The van der Waals surface area contributed by atoms with Gasteiger partial charge in [-0.05, 0) is 17.0 Å². The van der Waals surface area contributed by atoms with Gasteiger partial charge in [0.25, 0.3) is 0 Å². The molecule has 1 unspecified atom stereocenters. The fourth-order valence-electron chi connectivity index (χ4n) is 2.21. The van der Waals surface area contributed by atoms with Crippen molar-refractivity contribution in [3.8, 4) is 0 Å². The van der Waals surface area contributed by atoms with E-state index in [4.69, 9.17) is 5.84 Å². The number of hydrogen-bond donors (Lipinski definition) is 2. The van der Waals surface area contributed by atoms with Gasteiger partial charge in [0.1, 0.15) is 0 Å². The van der Waals surface area contributed by atoms with E-state index in [0.717, 1.165) is 21.9 Å². The van der Waals surface area contributed by atoms with Crippen LogP contribution in [0.1, 0.15) is 17.2 Å². The Balaban J connectivity index is 2.17. The summed E-state index contributed by atoms with van der Waals surface area (Å²) in [7, 11) is 0. The second-order valence-corrected chi connectivity index (χ2v) is 4.23. The van der Waals surface area contributed by atoms with Crippen LogP contribution in [0, 0.1) is 0 Å². The van der Waals surface area contributed by atoms with Crippen LogP contribution in [-0.4, -0.2) is 15.2 Å². The van der Waals surface area contributed by atoms with Crippen LogP contribution in [0.4, 0.5) is 0 Å². The van der Waals surface area contributed by atoms with Gasteiger partial charge in [-0.3, -0.25) is 10.8 Å². The van der Waals surface area contributed by atoms with Gasteiger partial charge in [-0.2, -0.15) is 10.2 Å². The molecule has 0 aliphatic rings. The lowest BCUT2D eigenvalue weighted by atomic mass is 9.98. The highest BCUT2D eigenvalue weighted by Gasteiger charge is 2.15. The maximum Gasteiger partial charge on any atom is 0.0747 e. The summed E-state index contributed by atoms with van der Waals surface area (Å²) in [5.41, 5.74) is 4.80. The number of hydrazine groups is 1. The lowest BCUT2D eigenvalue weighted by molar-refractivity contribution is 0.634. The van der Waals surface area contributed by atoms with Crippen LogP contribution >= 0.6 is 0 Å². The first-order valence-corrected chi connectivity index (χ1v) is 5.95. The molecule has 94 valence electrons. The number of nitrogens with zero attached hydrogens (tertiary/aromatic N) is 3. The van der Waals surface area contributed by atoms with E-state index in [1.54, 1.807) is 12.4 Å². The molecule has 0 fully saturated rings. The molecule has 0 saturated carbocycles.